The third-order valence-corrected chi connectivity index (χ3v) is 2.45. The van der Waals surface area contributed by atoms with Crippen molar-refractivity contribution in [2.45, 2.75) is 11.9 Å². The number of hydrogen-bond donors (Lipinski definition) is 2. The minimum atomic E-state index is -4.71. The second-order valence-corrected chi connectivity index (χ2v) is 3.91. The number of rotatable bonds is 2. The van der Waals surface area contributed by atoms with Gasteiger partial charge in [0.15, 0.2) is 10.9 Å². The predicted molar refractivity (Wildman–Crippen MR) is 51.4 cm³/mol. The SMILES string of the molecule is Cn1nc(C(F)(F)F)c(CSC(=N)N)c1F. The smallest absolute Gasteiger partial charge is 0.379 e. The Labute approximate surface area is 92.3 Å². The van der Waals surface area contributed by atoms with Gasteiger partial charge >= 0.3 is 6.18 Å². The molecule has 0 fully saturated rings. The number of nitrogens with zero attached hydrogens (tertiary/aromatic N) is 2. The predicted octanol–water partition coefficient (Wildman–Crippen LogP) is 1.70. The summed E-state index contributed by atoms with van der Waals surface area (Å²) in [6.07, 6.45) is -4.71. The molecule has 0 aromatic carbocycles. The molecule has 0 unspecified atom stereocenters. The Morgan fingerprint density at radius 3 is 2.56 bits per heavy atom. The zero-order valence-corrected chi connectivity index (χ0v) is 8.92. The lowest BCUT2D eigenvalue weighted by molar-refractivity contribution is -0.141. The molecule has 0 atom stereocenters. The van der Waals surface area contributed by atoms with Gasteiger partial charge in [-0.3, -0.25) is 5.41 Å². The molecule has 0 bridgehead atoms. The van der Waals surface area contributed by atoms with Crippen LogP contribution in [0, 0.1) is 11.4 Å². The summed E-state index contributed by atoms with van der Waals surface area (Å²) in [6.45, 7) is 0. The fraction of sp³-hybridized carbons (Fsp3) is 0.429. The molecular weight excluding hydrogens is 248 g/mol. The zero-order valence-electron chi connectivity index (χ0n) is 8.10. The van der Waals surface area contributed by atoms with E-state index in [0.717, 1.165) is 7.05 Å². The highest BCUT2D eigenvalue weighted by atomic mass is 32.2. The summed E-state index contributed by atoms with van der Waals surface area (Å²) in [5, 5.41) is 9.53. The number of nitrogens with one attached hydrogen (secondary N) is 1. The number of aryl methyl sites for hydroxylation is 1. The molecule has 0 aliphatic rings. The normalized spacial score (nSPS) is 11.8. The van der Waals surface area contributed by atoms with Crippen LogP contribution in [0.25, 0.3) is 0 Å². The molecule has 0 spiro atoms. The molecule has 3 N–H and O–H groups in total. The standard InChI is InChI=1S/C7H8F4N4S/c1-15-5(8)3(2-16-6(12)13)4(14-15)7(9,10)11/h2H2,1H3,(H3,12,13). The van der Waals surface area contributed by atoms with Crippen LogP contribution in [0.3, 0.4) is 0 Å². The molecule has 1 aromatic heterocycles. The summed E-state index contributed by atoms with van der Waals surface area (Å²) in [7, 11) is 1.08. The van der Waals surface area contributed by atoms with Gasteiger partial charge in [-0.2, -0.15) is 22.7 Å². The van der Waals surface area contributed by atoms with E-state index in [4.69, 9.17) is 11.1 Å². The van der Waals surface area contributed by atoms with Crippen molar-refractivity contribution in [3.63, 3.8) is 0 Å². The first-order valence-corrected chi connectivity index (χ1v) is 4.97. The van der Waals surface area contributed by atoms with Gasteiger partial charge in [0.1, 0.15) is 0 Å². The fourth-order valence-corrected chi connectivity index (χ4v) is 1.61. The molecule has 0 aliphatic carbocycles. The Morgan fingerprint density at radius 2 is 2.12 bits per heavy atom. The first-order valence-electron chi connectivity index (χ1n) is 3.99. The van der Waals surface area contributed by atoms with Gasteiger partial charge in [0.2, 0.25) is 5.95 Å². The van der Waals surface area contributed by atoms with Crippen LogP contribution >= 0.6 is 11.8 Å². The number of amidine groups is 1. The lowest BCUT2D eigenvalue weighted by atomic mass is 10.2. The minimum Gasteiger partial charge on any atom is -0.379 e. The number of thioether (sulfide) groups is 1. The Morgan fingerprint density at radius 1 is 1.56 bits per heavy atom. The molecule has 1 aromatic rings. The molecule has 9 heteroatoms. The van der Waals surface area contributed by atoms with Gasteiger partial charge in [0.25, 0.3) is 0 Å². The number of nitrogens with two attached hydrogens (primary N) is 1. The van der Waals surface area contributed by atoms with Crippen LogP contribution in [-0.2, 0) is 19.0 Å². The molecule has 4 nitrogen and oxygen atoms in total. The summed E-state index contributed by atoms with van der Waals surface area (Å²) in [4.78, 5) is 0. The van der Waals surface area contributed by atoms with Gasteiger partial charge < -0.3 is 5.73 Å². The fourth-order valence-electron chi connectivity index (χ4n) is 1.05. The highest BCUT2D eigenvalue weighted by molar-refractivity contribution is 8.13. The summed E-state index contributed by atoms with van der Waals surface area (Å²) in [6, 6.07) is 0. The molecule has 0 amide bonds. The number of halogens is 4. The monoisotopic (exact) mass is 256 g/mol. The van der Waals surface area contributed by atoms with Crippen LogP contribution in [0.1, 0.15) is 11.3 Å². The maximum Gasteiger partial charge on any atom is 0.435 e. The average Bonchev–Trinajstić information content (AvgIpc) is 2.40. The van der Waals surface area contributed by atoms with Crippen molar-refractivity contribution in [2.24, 2.45) is 12.8 Å². The molecule has 1 rings (SSSR count). The molecule has 16 heavy (non-hydrogen) atoms. The number of alkyl halides is 3. The van der Waals surface area contributed by atoms with E-state index in [1.54, 1.807) is 0 Å². The van der Waals surface area contributed by atoms with Crippen LogP contribution < -0.4 is 5.73 Å². The molecule has 0 radical (unpaired) electrons. The third kappa shape index (κ3) is 2.65. The molecule has 0 aliphatic heterocycles. The second kappa shape index (κ2) is 4.32. The lowest BCUT2D eigenvalue weighted by Gasteiger charge is -2.04. The van der Waals surface area contributed by atoms with Gasteiger partial charge in [-0.05, 0) is 0 Å². The second-order valence-electron chi connectivity index (χ2n) is 2.89. The lowest BCUT2D eigenvalue weighted by Crippen LogP contribution is -2.10. The summed E-state index contributed by atoms with van der Waals surface area (Å²) in [5.74, 6) is -1.44. The van der Waals surface area contributed by atoms with E-state index in [9.17, 15) is 17.6 Å². The molecule has 0 saturated carbocycles. The number of aromatic nitrogens is 2. The van der Waals surface area contributed by atoms with E-state index in [-0.39, 0.29) is 10.9 Å². The quantitative estimate of drug-likeness (QED) is 0.481. The average molecular weight is 256 g/mol. The van der Waals surface area contributed by atoms with Crippen molar-refractivity contribution in [1.29, 1.82) is 5.41 Å². The molecule has 0 saturated heterocycles. The number of hydrogen-bond acceptors (Lipinski definition) is 3. The van der Waals surface area contributed by atoms with Gasteiger partial charge in [0.05, 0.1) is 0 Å². The summed E-state index contributed by atoms with van der Waals surface area (Å²) in [5.41, 5.74) is 3.11. The first kappa shape index (κ1) is 12.8. The third-order valence-electron chi connectivity index (χ3n) is 1.71. The van der Waals surface area contributed by atoms with Crippen LogP contribution in [0.4, 0.5) is 17.6 Å². The highest BCUT2D eigenvalue weighted by Gasteiger charge is 2.39. The van der Waals surface area contributed by atoms with Crippen molar-refractivity contribution in [2.75, 3.05) is 0 Å². The first-order chi connectivity index (χ1) is 7.23. The van der Waals surface area contributed by atoms with Crippen LogP contribution in [-0.4, -0.2) is 14.9 Å². The highest BCUT2D eigenvalue weighted by Crippen LogP contribution is 2.33. The maximum absolute atomic E-state index is 13.3. The van der Waals surface area contributed by atoms with Crippen LogP contribution in [0.5, 0.6) is 0 Å². The van der Waals surface area contributed by atoms with Crippen molar-refractivity contribution in [1.82, 2.24) is 9.78 Å². The van der Waals surface area contributed by atoms with Crippen LogP contribution in [0.2, 0.25) is 0 Å². The van der Waals surface area contributed by atoms with Crippen LogP contribution in [0.15, 0.2) is 0 Å². The Hall–Kier alpha value is -1.25. The van der Waals surface area contributed by atoms with Crippen molar-refractivity contribution in [3.8, 4) is 0 Å². The largest absolute Gasteiger partial charge is 0.435 e. The zero-order chi connectivity index (χ0) is 12.5. The summed E-state index contributed by atoms with van der Waals surface area (Å²) < 4.78 is 51.1. The van der Waals surface area contributed by atoms with E-state index in [1.165, 1.54) is 0 Å². The van der Waals surface area contributed by atoms with E-state index in [2.05, 4.69) is 5.10 Å². The van der Waals surface area contributed by atoms with Gasteiger partial charge in [-0.1, -0.05) is 11.8 Å². The summed E-state index contributed by atoms with van der Waals surface area (Å²) >= 11 is 0.610. The van der Waals surface area contributed by atoms with E-state index < -0.39 is 23.4 Å². The van der Waals surface area contributed by atoms with Crippen molar-refractivity contribution in [3.05, 3.63) is 17.2 Å². The van der Waals surface area contributed by atoms with Gasteiger partial charge in [-0.25, -0.2) is 4.68 Å². The van der Waals surface area contributed by atoms with Gasteiger partial charge in [-0.15, -0.1) is 0 Å². The molecule has 1 heterocycles. The Kier molecular flexibility index (Phi) is 3.46. The maximum atomic E-state index is 13.3. The van der Waals surface area contributed by atoms with Crippen molar-refractivity contribution >= 4 is 16.9 Å². The molecular formula is C7H8F4N4S. The van der Waals surface area contributed by atoms with E-state index in [0.29, 0.717) is 16.4 Å². The molecule has 90 valence electrons. The Bertz CT molecular complexity index is 411. The minimum absolute atomic E-state index is 0.371. The van der Waals surface area contributed by atoms with Gasteiger partial charge in [0, 0.05) is 18.4 Å². The van der Waals surface area contributed by atoms with E-state index in [1.807, 2.05) is 0 Å². The van der Waals surface area contributed by atoms with E-state index >= 15 is 0 Å². The topological polar surface area (TPSA) is 67.7 Å². The Balaban J connectivity index is 3.09. The van der Waals surface area contributed by atoms with Crippen molar-refractivity contribution < 1.29 is 17.6 Å².